The van der Waals surface area contributed by atoms with Crippen molar-refractivity contribution in [2.75, 3.05) is 19.7 Å². The van der Waals surface area contributed by atoms with Crippen LogP contribution in [0.25, 0.3) is 0 Å². The third-order valence-corrected chi connectivity index (χ3v) is 1.95. The maximum absolute atomic E-state index is 10.8. The maximum atomic E-state index is 10.8. The minimum atomic E-state index is -1.01. The van der Waals surface area contributed by atoms with Gasteiger partial charge >= 0.3 is 0 Å². The first-order valence-electron chi connectivity index (χ1n) is 4.06. The van der Waals surface area contributed by atoms with E-state index in [0.717, 1.165) is 0 Å². The Hall–Kier alpha value is -1.52. The van der Waals surface area contributed by atoms with Crippen LogP contribution >= 0.6 is 0 Å². The van der Waals surface area contributed by atoms with Gasteiger partial charge in [0.2, 0.25) is 12.1 Å². The summed E-state index contributed by atoms with van der Waals surface area (Å²) in [5.74, 6) is -0.723. The summed E-state index contributed by atoms with van der Waals surface area (Å²) in [4.78, 5) is 22.5. The summed E-state index contributed by atoms with van der Waals surface area (Å²) in [5.41, 5.74) is 5.01. The van der Waals surface area contributed by atoms with E-state index < -0.39 is 18.2 Å². The van der Waals surface area contributed by atoms with Gasteiger partial charge < -0.3 is 10.5 Å². The second-order valence-electron chi connectivity index (χ2n) is 2.86. The normalized spacial score (nSPS) is 24.9. The highest BCUT2D eigenvalue weighted by atomic mass is 16.5. The molecular formula is C7H10N4O3. The van der Waals surface area contributed by atoms with Crippen molar-refractivity contribution >= 4 is 5.91 Å². The predicted octanol–water partition coefficient (Wildman–Crippen LogP) is -1.21. The molecule has 14 heavy (non-hydrogen) atoms. The van der Waals surface area contributed by atoms with E-state index in [2.05, 4.69) is 5.18 Å². The lowest BCUT2D eigenvalue weighted by Gasteiger charge is -2.30. The molecule has 1 amide bonds. The lowest BCUT2D eigenvalue weighted by Crippen LogP contribution is -2.51. The van der Waals surface area contributed by atoms with Gasteiger partial charge in [-0.3, -0.25) is 9.69 Å². The van der Waals surface area contributed by atoms with Gasteiger partial charge in [-0.2, -0.15) is 5.26 Å². The highest BCUT2D eigenvalue weighted by Crippen LogP contribution is 2.09. The Bertz CT molecular complexity index is 275. The first kappa shape index (κ1) is 10.6. The van der Waals surface area contributed by atoms with Crippen molar-refractivity contribution in [2.45, 2.75) is 12.3 Å². The topological polar surface area (TPSA) is 109 Å². The minimum absolute atomic E-state index is 0.130. The van der Waals surface area contributed by atoms with E-state index in [-0.39, 0.29) is 13.2 Å². The molecule has 1 rings (SSSR count). The zero-order valence-electron chi connectivity index (χ0n) is 7.42. The lowest BCUT2D eigenvalue weighted by atomic mass is 10.2. The van der Waals surface area contributed by atoms with E-state index in [1.54, 1.807) is 6.07 Å². The monoisotopic (exact) mass is 198 g/mol. The van der Waals surface area contributed by atoms with Gasteiger partial charge in [-0.1, -0.05) is 0 Å². The van der Waals surface area contributed by atoms with Crippen molar-refractivity contribution in [2.24, 2.45) is 10.9 Å². The number of nitroso groups, excluding NO2 is 1. The van der Waals surface area contributed by atoms with E-state index in [1.165, 1.54) is 4.90 Å². The van der Waals surface area contributed by atoms with Crippen molar-refractivity contribution in [3.63, 3.8) is 0 Å². The van der Waals surface area contributed by atoms with Gasteiger partial charge in [0.05, 0.1) is 19.2 Å². The van der Waals surface area contributed by atoms with Crippen molar-refractivity contribution in [3.05, 3.63) is 4.91 Å². The second kappa shape index (κ2) is 4.64. The number of nitrogens with zero attached hydrogens (tertiary/aromatic N) is 3. The molecule has 2 unspecified atom stereocenters. The van der Waals surface area contributed by atoms with Gasteiger partial charge in [-0.15, -0.1) is 4.91 Å². The van der Waals surface area contributed by atoms with E-state index >= 15 is 0 Å². The van der Waals surface area contributed by atoms with Gasteiger partial charge in [-0.05, 0) is 5.18 Å². The third-order valence-electron chi connectivity index (χ3n) is 1.95. The van der Waals surface area contributed by atoms with Gasteiger partial charge in [0, 0.05) is 6.54 Å². The van der Waals surface area contributed by atoms with Crippen LogP contribution in [-0.4, -0.2) is 42.8 Å². The molecule has 2 atom stereocenters. The molecule has 1 heterocycles. The minimum Gasteiger partial charge on any atom is -0.367 e. The Balaban J connectivity index is 2.63. The molecule has 0 radical (unpaired) electrons. The number of rotatable bonds is 3. The summed E-state index contributed by atoms with van der Waals surface area (Å²) in [5, 5.41) is 11.4. The number of carbonyl (C=O) groups excluding carboxylic acids is 1. The molecule has 0 spiro atoms. The fourth-order valence-electron chi connectivity index (χ4n) is 1.27. The van der Waals surface area contributed by atoms with Crippen LogP contribution in [-0.2, 0) is 9.53 Å². The summed E-state index contributed by atoms with van der Waals surface area (Å²) in [6.45, 7) is 0.791. The molecule has 0 aromatic carbocycles. The van der Waals surface area contributed by atoms with Crippen molar-refractivity contribution in [1.29, 1.82) is 5.26 Å². The van der Waals surface area contributed by atoms with Crippen LogP contribution in [0.4, 0.5) is 0 Å². The largest absolute Gasteiger partial charge is 0.367 e. The second-order valence-corrected chi connectivity index (χ2v) is 2.86. The van der Waals surface area contributed by atoms with Gasteiger partial charge in [-0.25, -0.2) is 0 Å². The van der Waals surface area contributed by atoms with Crippen LogP contribution in [0.1, 0.15) is 0 Å². The van der Waals surface area contributed by atoms with Crippen LogP contribution in [0.3, 0.4) is 0 Å². The maximum Gasteiger partial charge on any atom is 0.249 e. The number of hydrogen-bond acceptors (Lipinski definition) is 6. The van der Waals surface area contributed by atoms with E-state index in [4.69, 9.17) is 15.7 Å². The molecule has 0 bridgehead atoms. The number of nitriles is 1. The third kappa shape index (κ3) is 2.25. The van der Waals surface area contributed by atoms with Crippen LogP contribution in [0.15, 0.2) is 5.18 Å². The molecule has 1 aliphatic heterocycles. The molecule has 2 N–H and O–H groups in total. The van der Waals surface area contributed by atoms with E-state index in [0.29, 0.717) is 6.54 Å². The molecule has 1 aliphatic rings. The molecular weight excluding hydrogens is 188 g/mol. The zero-order valence-corrected chi connectivity index (χ0v) is 7.42. The number of ether oxygens (including phenoxy) is 1. The molecule has 7 nitrogen and oxygen atoms in total. The molecule has 0 aromatic heterocycles. The Morgan fingerprint density at radius 1 is 1.79 bits per heavy atom. The number of nitrogens with two attached hydrogens (primary N) is 1. The molecule has 0 aliphatic carbocycles. The molecule has 0 aromatic rings. The highest BCUT2D eigenvalue weighted by Gasteiger charge is 2.29. The average Bonchev–Trinajstić information content (AvgIpc) is 2.19. The van der Waals surface area contributed by atoms with Crippen LogP contribution < -0.4 is 5.73 Å². The van der Waals surface area contributed by atoms with Crippen molar-refractivity contribution in [3.8, 4) is 6.07 Å². The summed E-state index contributed by atoms with van der Waals surface area (Å²) in [6, 6.07) is 0.757. The Kier molecular flexibility index (Phi) is 3.50. The standard InChI is InChI=1S/C7H10N4O3/c8-3-5(7(9)12)11-1-2-14-6(4-11)10-13/h5-6H,1-2,4H2,(H2,9,12). The fourth-order valence-corrected chi connectivity index (χ4v) is 1.27. The number of morpholine rings is 1. The Morgan fingerprint density at radius 3 is 3.00 bits per heavy atom. The van der Waals surface area contributed by atoms with Crippen LogP contribution in [0.5, 0.6) is 0 Å². The number of amides is 1. The SMILES string of the molecule is N#CC(C(N)=O)N1CCOC(N=O)C1. The summed E-state index contributed by atoms with van der Waals surface area (Å²) >= 11 is 0. The molecule has 1 saturated heterocycles. The predicted molar refractivity (Wildman–Crippen MR) is 45.7 cm³/mol. The molecule has 1 fully saturated rings. The zero-order chi connectivity index (χ0) is 10.6. The number of carbonyl (C=O) groups is 1. The number of primary amides is 1. The Labute approximate surface area is 80.4 Å². The summed E-state index contributed by atoms with van der Waals surface area (Å²) in [6.07, 6.45) is -0.820. The van der Waals surface area contributed by atoms with Crippen molar-refractivity contribution in [1.82, 2.24) is 4.90 Å². The van der Waals surface area contributed by atoms with Gasteiger partial charge in [0.15, 0.2) is 6.04 Å². The smallest absolute Gasteiger partial charge is 0.249 e. The van der Waals surface area contributed by atoms with E-state index in [1.807, 2.05) is 0 Å². The quantitative estimate of drug-likeness (QED) is 0.572. The summed E-state index contributed by atoms with van der Waals surface area (Å²) in [7, 11) is 0. The molecule has 76 valence electrons. The Morgan fingerprint density at radius 2 is 2.50 bits per heavy atom. The van der Waals surface area contributed by atoms with E-state index in [9.17, 15) is 9.70 Å². The summed E-state index contributed by atoms with van der Waals surface area (Å²) < 4.78 is 4.95. The van der Waals surface area contributed by atoms with Crippen LogP contribution in [0.2, 0.25) is 0 Å². The average molecular weight is 198 g/mol. The van der Waals surface area contributed by atoms with Crippen LogP contribution in [0, 0.1) is 16.2 Å². The first-order valence-corrected chi connectivity index (χ1v) is 4.06. The lowest BCUT2D eigenvalue weighted by molar-refractivity contribution is -0.124. The fraction of sp³-hybridized carbons (Fsp3) is 0.714. The number of hydrogen-bond donors (Lipinski definition) is 1. The van der Waals surface area contributed by atoms with Gasteiger partial charge in [0.1, 0.15) is 0 Å². The van der Waals surface area contributed by atoms with Crippen molar-refractivity contribution < 1.29 is 9.53 Å². The first-order chi connectivity index (χ1) is 6.69. The molecule has 0 saturated carbocycles. The highest BCUT2D eigenvalue weighted by molar-refractivity contribution is 5.82. The molecule has 7 heteroatoms. The van der Waals surface area contributed by atoms with Gasteiger partial charge in [0.25, 0.3) is 0 Å².